The van der Waals surface area contributed by atoms with Crippen LogP contribution in [0.15, 0.2) is 28.7 Å². The molecule has 0 amide bonds. The first-order chi connectivity index (χ1) is 7.13. The molecule has 1 rings (SSSR count). The first-order valence-corrected chi connectivity index (χ1v) is 5.59. The molecule has 0 spiro atoms. The summed E-state index contributed by atoms with van der Waals surface area (Å²) in [5.74, 6) is -0.347. The molecule has 1 atom stereocenters. The maximum atomic E-state index is 11.3. The Morgan fingerprint density at radius 2 is 2.07 bits per heavy atom. The Labute approximate surface area is 97.7 Å². The van der Waals surface area contributed by atoms with Crippen LogP contribution in [0.2, 0.25) is 0 Å². The molecule has 0 radical (unpaired) electrons. The fourth-order valence-corrected chi connectivity index (χ4v) is 1.47. The Hall–Kier alpha value is -0.870. The predicted molar refractivity (Wildman–Crippen MR) is 62.5 cm³/mol. The Bertz CT molecular complexity index is 324. The molecule has 1 aromatic rings. The van der Waals surface area contributed by atoms with Crippen molar-refractivity contribution in [1.82, 2.24) is 0 Å². The minimum atomic E-state index is -0.578. The van der Waals surface area contributed by atoms with E-state index in [9.17, 15) is 4.79 Å². The van der Waals surface area contributed by atoms with Gasteiger partial charge in [0, 0.05) is 4.47 Å². The highest BCUT2D eigenvalue weighted by Crippen LogP contribution is 2.11. The molecule has 3 nitrogen and oxygen atoms in total. The van der Waals surface area contributed by atoms with E-state index in [2.05, 4.69) is 15.9 Å². The summed E-state index contributed by atoms with van der Waals surface area (Å²) in [5.41, 5.74) is 6.71. The standard InChI is InChI=1S/C11H14BrNO2/c1-2-15-11(14)10(13)7-8-3-5-9(12)6-4-8/h3-6,10H,2,7,13H2,1H3/t10-/m0/s1. The molecule has 0 saturated heterocycles. The third-order valence-electron chi connectivity index (χ3n) is 1.96. The van der Waals surface area contributed by atoms with Gasteiger partial charge in [-0.05, 0) is 31.0 Å². The summed E-state index contributed by atoms with van der Waals surface area (Å²) in [5, 5.41) is 0. The second-order valence-electron chi connectivity index (χ2n) is 3.19. The maximum absolute atomic E-state index is 11.3. The molecule has 0 heterocycles. The van der Waals surface area contributed by atoms with Crippen LogP contribution in [-0.4, -0.2) is 18.6 Å². The van der Waals surface area contributed by atoms with Crippen molar-refractivity contribution in [1.29, 1.82) is 0 Å². The molecule has 1 aromatic carbocycles. The van der Waals surface area contributed by atoms with Gasteiger partial charge in [0.25, 0.3) is 0 Å². The number of halogens is 1. The predicted octanol–water partition coefficient (Wildman–Crippen LogP) is 1.88. The van der Waals surface area contributed by atoms with E-state index in [-0.39, 0.29) is 5.97 Å². The smallest absolute Gasteiger partial charge is 0.323 e. The zero-order chi connectivity index (χ0) is 11.3. The van der Waals surface area contributed by atoms with Crippen LogP contribution in [0.1, 0.15) is 12.5 Å². The number of hydrogen-bond donors (Lipinski definition) is 1. The second kappa shape index (κ2) is 5.88. The van der Waals surface area contributed by atoms with Crippen LogP contribution in [0.25, 0.3) is 0 Å². The van der Waals surface area contributed by atoms with Crippen LogP contribution in [-0.2, 0) is 16.0 Å². The molecule has 0 aliphatic carbocycles. The Morgan fingerprint density at radius 1 is 1.47 bits per heavy atom. The molecule has 0 fully saturated rings. The van der Waals surface area contributed by atoms with Crippen molar-refractivity contribution in [2.45, 2.75) is 19.4 Å². The van der Waals surface area contributed by atoms with Crippen molar-refractivity contribution >= 4 is 21.9 Å². The number of nitrogens with two attached hydrogens (primary N) is 1. The van der Waals surface area contributed by atoms with E-state index >= 15 is 0 Å². The van der Waals surface area contributed by atoms with Gasteiger partial charge in [-0.3, -0.25) is 4.79 Å². The lowest BCUT2D eigenvalue weighted by molar-refractivity contribution is -0.144. The zero-order valence-corrected chi connectivity index (χ0v) is 10.2. The van der Waals surface area contributed by atoms with Gasteiger partial charge in [-0.2, -0.15) is 0 Å². The van der Waals surface area contributed by atoms with Crippen molar-refractivity contribution in [2.75, 3.05) is 6.61 Å². The highest BCUT2D eigenvalue weighted by molar-refractivity contribution is 9.10. The highest BCUT2D eigenvalue weighted by Gasteiger charge is 2.14. The highest BCUT2D eigenvalue weighted by atomic mass is 79.9. The van der Waals surface area contributed by atoms with Crippen LogP contribution >= 0.6 is 15.9 Å². The van der Waals surface area contributed by atoms with Crippen molar-refractivity contribution in [3.63, 3.8) is 0 Å². The largest absolute Gasteiger partial charge is 0.465 e. The number of hydrogen-bond acceptors (Lipinski definition) is 3. The number of rotatable bonds is 4. The van der Waals surface area contributed by atoms with E-state index in [1.54, 1.807) is 6.92 Å². The molecule has 82 valence electrons. The minimum Gasteiger partial charge on any atom is -0.465 e. The van der Waals surface area contributed by atoms with Crippen molar-refractivity contribution in [3.8, 4) is 0 Å². The van der Waals surface area contributed by atoms with Gasteiger partial charge in [-0.25, -0.2) is 0 Å². The molecule has 0 aromatic heterocycles. The number of carbonyl (C=O) groups excluding carboxylic acids is 1. The fourth-order valence-electron chi connectivity index (χ4n) is 1.21. The van der Waals surface area contributed by atoms with Crippen molar-refractivity contribution < 1.29 is 9.53 Å². The minimum absolute atomic E-state index is 0.347. The average Bonchev–Trinajstić information content (AvgIpc) is 2.22. The number of esters is 1. The summed E-state index contributed by atoms with van der Waals surface area (Å²) in [7, 11) is 0. The Kier molecular flexibility index (Phi) is 4.78. The van der Waals surface area contributed by atoms with Gasteiger partial charge < -0.3 is 10.5 Å². The van der Waals surface area contributed by atoms with E-state index in [0.29, 0.717) is 13.0 Å². The molecular formula is C11H14BrNO2. The molecule has 0 aliphatic heterocycles. The van der Waals surface area contributed by atoms with Crippen LogP contribution in [0.3, 0.4) is 0 Å². The summed E-state index contributed by atoms with van der Waals surface area (Å²) >= 11 is 3.34. The van der Waals surface area contributed by atoms with Crippen LogP contribution in [0.5, 0.6) is 0 Å². The van der Waals surface area contributed by atoms with Gasteiger partial charge in [0.2, 0.25) is 0 Å². The third kappa shape index (κ3) is 4.01. The van der Waals surface area contributed by atoms with Gasteiger partial charge >= 0.3 is 5.97 Å². The lowest BCUT2D eigenvalue weighted by atomic mass is 10.1. The van der Waals surface area contributed by atoms with E-state index in [0.717, 1.165) is 10.0 Å². The van der Waals surface area contributed by atoms with E-state index in [4.69, 9.17) is 10.5 Å². The summed E-state index contributed by atoms with van der Waals surface area (Å²) in [6.07, 6.45) is 0.506. The second-order valence-corrected chi connectivity index (χ2v) is 4.10. The third-order valence-corrected chi connectivity index (χ3v) is 2.49. The van der Waals surface area contributed by atoms with Gasteiger partial charge in [-0.15, -0.1) is 0 Å². The number of carbonyl (C=O) groups is 1. The molecule has 0 aliphatic rings. The average molecular weight is 272 g/mol. The lowest BCUT2D eigenvalue weighted by Gasteiger charge is -2.10. The normalized spacial score (nSPS) is 12.2. The van der Waals surface area contributed by atoms with Gasteiger partial charge in [0.15, 0.2) is 0 Å². The number of ether oxygens (including phenoxy) is 1. The van der Waals surface area contributed by atoms with Crippen LogP contribution in [0.4, 0.5) is 0 Å². The first kappa shape index (κ1) is 12.2. The van der Waals surface area contributed by atoms with E-state index < -0.39 is 6.04 Å². The molecule has 4 heteroatoms. The molecule has 0 bridgehead atoms. The molecule has 15 heavy (non-hydrogen) atoms. The van der Waals surface area contributed by atoms with Gasteiger partial charge in [0.05, 0.1) is 6.61 Å². The van der Waals surface area contributed by atoms with Crippen LogP contribution in [0, 0.1) is 0 Å². The Balaban J connectivity index is 2.54. The first-order valence-electron chi connectivity index (χ1n) is 4.80. The monoisotopic (exact) mass is 271 g/mol. The van der Waals surface area contributed by atoms with Gasteiger partial charge in [-0.1, -0.05) is 28.1 Å². The summed E-state index contributed by atoms with van der Waals surface area (Å²) in [6.45, 7) is 2.14. The van der Waals surface area contributed by atoms with E-state index in [1.807, 2.05) is 24.3 Å². The molecular weight excluding hydrogens is 258 g/mol. The SMILES string of the molecule is CCOC(=O)[C@@H](N)Cc1ccc(Br)cc1. The van der Waals surface area contributed by atoms with Gasteiger partial charge in [0.1, 0.15) is 6.04 Å². The van der Waals surface area contributed by atoms with E-state index in [1.165, 1.54) is 0 Å². The quantitative estimate of drug-likeness (QED) is 0.851. The maximum Gasteiger partial charge on any atom is 0.323 e. The van der Waals surface area contributed by atoms with Crippen molar-refractivity contribution in [2.24, 2.45) is 5.73 Å². The fraction of sp³-hybridized carbons (Fsp3) is 0.364. The molecule has 0 unspecified atom stereocenters. The molecule has 0 saturated carbocycles. The zero-order valence-electron chi connectivity index (χ0n) is 8.57. The summed E-state index contributed by atoms with van der Waals surface area (Å²) in [6, 6.07) is 7.14. The lowest BCUT2D eigenvalue weighted by Crippen LogP contribution is -2.34. The molecule has 2 N–H and O–H groups in total. The summed E-state index contributed by atoms with van der Waals surface area (Å²) < 4.78 is 5.84. The van der Waals surface area contributed by atoms with Crippen molar-refractivity contribution in [3.05, 3.63) is 34.3 Å². The topological polar surface area (TPSA) is 52.3 Å². The Morgan fingerprint density at radius 3 is 2.60 bits per heavy atom. The van der Waals surface area contributed by atoms with Crippen LogP contribution < -0.4 is 5.73 Å². The number of benzene rings is 1. The summed E-state index contributed by atoms with van der Waals surface area (Å²) in [4.78, 5) is 11.3.